The molecule has 6 heteroatoms. The number of furan rings is 1. The Bertz CT molecular complexity index is 902. The molecular weight excluding hydrogens is 350 g/mol. The summed E-state index contributed by atoms with van der Waals surface area (Å²) in [4.78, 5) is 16.0. The third-order valence-corrected chi connectivity index (χ3v) is 5.23. The van der Waals surface area contributed by atoms with E-state index in [4.69, 9.17) is 9.40 Å². The van der Waals surface area contributed by atoms with Crippen LogP contribution in [0.15, 0.2) is 47.1 Å². The third kappa shape index (κ3) is 4.22. The first-order chi connectivity index (χ1) is 13.7. The summed E-state index contributed by atoms with van der Waals surface area (Å²) in [5.41, 5.74) is 2.00. The van der Waals surface area contributed by atoms with Crippen LogP contribution in [0.4, 0.5) is 5.82 Å². The van der Waals surface area contributed by atoms with E-state index in [1.807, 2.05) is 31.2 Å². The molecule has 1 aliphatic rings. The Balaban J connectivity index is 1.56. The Hall–Kier alpha value is -2.73. The highest BCUT2D eigenvalue weighted by Crippen LogP contribution is 2.27. The maximum absolute atomic E-state index is 5.96. The van der Waals surface area contributed by atoms with Gasteiger partial charge in [-0.25, -0.2) is 9.97 Å². The summed E-state index contributed by atoms with van der Waals surface area (Å²) in [7, 11) is 0. The maximum atomic E-state index is 5.96. The fourth-order valence-electron chi connectivity index (χ4n) is 3.70. The predicted octanol–water partition coefficient (Wildman–Crippen LogP) is 4.25. The molecule has 3 aromatic rings. The van der Waals surface area contributed by atoms with Crippen LogP contribution in [-0.2, 0) is 6.42 Å². The second-order valence-electron chi connectivity index (χ2n) is 7.25. The molecule has 1 aliphatic heterocycles. The molecule has 28 heavy (non-hydrogen) atoms. The largest absolute Gasteiger partial charge is 0.465 e. The molecule has 1 unspecified atom stereocenters. The SMILES string of the molecule is CCc1cc(NCC(c2ccc(C)o2)N2CCCC2)nc(-c2ccncc2)n1. The van der Waals surface area contributed by atoms with E-state index in [1.165, 1.54) is 12.8 Å². The van der Waals surface area contributed by atoms with Gasteiger partial charge in [-0.1, -0.05) is 6.92 Å². The van der Waals surface area contributed by atoms with Crippen molar-refractivity contribution in [3.05, 3.63) is 59.9 Å². The van der Waals surface area contributed by atoms with Crippen LogP contribution in [0.5, 0.6) is 0 Å². The minimum atomic E-state index is 0.209. The molecule has 0 aromatic carbocycles. The maximum Gasteiger partial charge on any atom is 0.161 e. The summed E-state index contributed by atoms with van der Waals surface area (Å²) in [5.74, 6) is 3.56. The quantitative estimate of drug-likeness (QED) is 0.664. The van der Waals surface area contributed by atoms with Crippen LogP contribution >= 0.6 is 0 Å². The average Bonchev–Trinajstić information content (AvgIpc) is 3.41. The molecule has 1 atom stereocenters. The molecule has 4 heterocycles. The zero-order chi connectivity index (χ0) is 19.3. The molecule has 1 N–H and O–H groups in total. The summed E-state index contributed by atoms with van der Waals surface area (Å²) in [6.07, 6.45) is 6.90. The van der Waals surface area contributed by atoms with Crippen LogP contribution in [0, 0.1) is 6.92 Å². The van der Waals surface area contributed by atoms with E-state index in [-0.39, 0.29) is 6.04 Å². The van der Waals surface area contributed by atoms with Crippen molar-refractivity contribution in [2.45, 2.75) is 39.2 Å². The normalized spacial score (nSPS) is 15.6. The zero-order valence-electron chi connectivity index (χ0n) is 16.6. The number of pyridine rings is 1. The van der Waals surface area contributed by atoms with E-state index in [0.717, 1.165) is 60.5 Å². The molecular formula is C22H27N5O. The lowest BCUT2D eigenvalue weighted by Gasteiger charge is -2.26. The van der Waals surface area contributed by atoms with Crippen LogP contribution < -0.4 is 5.32 Å². The second-order valence-corrected chi connectivity index (χ2v) is 7.25. The monoisotopic (exact) mass is 377 g/mol. The lowest BCUT2D eigenvalue weighted by Crippen LogP contribution is -2.31. The van der Waals surface area contributed by atoms with Gasteiger partial charge in [0.15, 0.2) is 5.82 Å². The zero-order valence-corrected chi connectivity index (χ0v) is 16.6. The fourth-order valence-corrected chi connectivity index (χ4v) is 3.70. The Morgan fingerprint density at radius 2 is 1.89 bits per heavy atom. The van der Waals surface area contributed by atoms with E-state index < -0.39 is 0 Å². The van der Waals surface area contributed by atoms with Gasteiger partial charge < -0.3 is 9.73 Å². The minimum absolute atomic E-state index is 0.209. The molecule has 0 spiro atoms. The summed E-state index contributed by atoms with van der Waals surface area (Å²) < 4.78 is 5.96. The predicted molar refractivity (Wildman–Crippen MR) is 110 cm³/mol. The van der Waals surface area contributed by atoms with E-state index >= 15 is 0 Å². The van der Waals surface area contributed by atoms with Crippen molar-refractivity contribution < 1.29 is 4.42 Å². The molecule has 6 nitrogen and oxygen atoms in total. The highest BCUT2D eigenvalue weighted by Gasteiger charge is 2.26. The number of aromatic nitrogens is 3. The molecule has 4 rings (SSSR count). The van der Waals surface area contributed by atoms with E-state index in [9.17, 15) is 0 Å². The first-order valence-electron chi connectivity index (χ1n) is 10.1. The van der Waals surface area contributed by atoms with E-state index in [1.54, 1.807) is 12.4 Å². The van der Waals surface area contributed by atoms with Gasteiger partial charge in [0.25, 0.3) is 0 Å². The summed E-state index contributed by atoms with van der Waals surface area (Å²) >= 11 is 0. The Kier molecular flexibility index (Phi) is 5.67. The number of likely N-dealkylation sites (tertiary alicyclic amines) is 1. The van der Waals surface area contributed by atoms with Gasteiger partial charge in [0, 0.05) is 36.3 Å². The standard InChI is InChI=1S/C22H27N5O/c1-3-18-14-21(26-22(25-18)17-8-10-23-11-9-17)24-15-19(27-12-4-5-13-27)20-7-6-16(2)28-20/h6-11,14,19H,3-5,12-13,15H2,1-2H3,(H,24,25,26). The molecule has 146 valence electrons. The highest BCUT2D eigenvalue weighted by molar-refractivity contribution is 5.56. The molecule has 3 aromatic heterocycles. The molecule has 0 amide bonds. The van der Waals surface area contributed by atoms with Crippen LogP contribution in [0.3, 0.4) is 0 Å². The first kappa shape index (κ1) is 18.6. The number of hydrogen-bond donors (Lipinski definition) is 1. The Morgan fingerprint density at radius 3 is 2.57 bits per heavy atom. The fraction of sp³-hybridized carbons (Fsp3) is 0.409. The van der Waals surface area contributed by atoms with Gasteiger partial charge in [0.1, 0.15) is 17.3 Å². The van der Waals surface area contributed by atoms with Gasteiger partial charge in [-0.05, 0) is 63.5 Å². The van der Waals surface area contributed by atoms with Gasteiger partial charge in [0.2, 0.25) is 0 Å². The number of rotatable bonds is 7. The minimum Gasteiger partial charge on any atom is -0.465 e. The highest BCUT2D eigenvalue weighted by atomic mass is 16.3. The molecule has 1 saturated heterocycles. The van der Waals surface area contributed by atoms with Crippen molar-refractivity contribution in [3.8, 4) is 11.4 Å². The van der Waals surface area contributed by atoms with Gasteiger partial charge >= 0.3 is 0 Å². The van der Waals surface area contributed by atoms with E-state index in [0.29, 0.717) is 0 Å². The van der Waals surface area contributed by atoms with Gasteiger partial charge in [-0.15, -0.1) is 0 Å². The van der Waals surface area contributed by atoms with Crippen LogP contribution in [-0.4, -0.2) is 39.5 Å². The third-order valence-electron chi connectivity index (χ3n) is 5.23. The molecule has 0 radical (unpaired) electrons. The number of hydrogen-bond acceptors (Lipinski definition) is 6. The molecule has 1 fully saturated rings. The number of nitrogens with one attached hydrogen (secondary N) is 1. The molecule has 0 saturated carbocycles. The first-order valence-corrected chi connectivity index (χ1v) is 10.1. The summed E-state index contributed by atoms with van der Waals surface area (Å²) in [6, 6.07) is 10.3. The van der Waals surface area contributed by atoms with Crippen molar-refractivity contribution in [2.75, 3.05) is 25.0 Å². The average molecular weight is 377 g/mol. The number of aryl methyl sites for hydroxylation is 2. The van der Waals surface area contributed by atoms with Gasteiger partial charge in [-0.3, -0.25) is 9.88 Å². The van der Waals surface area contributed by atoms with Crippen molar-refractivity contribution in [3.63, 3.8) is 0 Å². The van der Waals surface area contributed by atoms with Crippen LogP contribution in [0.25, 0.3) is 11.4 Å². The lowest BCUT2D eigenvalue weighted by atomic mass is 10.2. The van der Waals surface area contributed by atoms with Crippen LogP contribution in [0.1, 0.15) is 43.0 Å². The molecule has 0 aliphatic carbocycles. The Morgan fingerprint density at radius 1 is 1.11 bits per heavy atom. The molecule has 0 bridgehead atoms. The van der Waals surface area contributed by atoms with Gasteiger partial charge in [0.05, 0.1) is 6.04 Å². The van der Waals surface area contributed by atoms with Crippen molar-refractivity contribution in [1.82, 2.24) is 19.9 Å². The number of anilines is 1. The lowest BCUT2D eigenvalue weighted by molar-refractivity contribution is 0.223. The number of nitrogens with zero attached hydrogens (tertiary/aromatic N) is 4. The topological polar surface area (TPSA) is 67.1 Å². The van der Waals surface area contributed by atoms with Crippen LogP contribution in [0.2, 0.25) is 0 Å². The second kappa shape index (κ2) is 8.52. The van der Waals surface area contributed by atoms with Crippen molar-refractivity contribution in [2.24, 2.45) is 0 Å². The van der Waals surface area contributed by atoms with Gasteiger partial charge in [-0.2, -0.15) is 0 Å². The summed E-state index contributed by atoms with van der Waals surface area (Å²) in [5, 5.41) is 3.55. The smallest absolute Gasteiger partial charge is 0.161 e. The Labute approximate surface area is 166 Å². The summed E-state index contributed by atoms with van der Waals surface area (Å²) in [6.45, 7) is 7.08. The van der Waals surface area contributed by atoms with Crippen molar-refractivity contribution in [1.29, 1.82) is 0 Å². The van der Waals surface area contributed by atoms with Crippen molar-refractivity contribution >= 4 is 5.82 Å². The van der Waals surface area contributed by atoms with E-state index in [2.05, 4.69) is 33.2 Å².